The SMILES string of the molecule is C[C@@H](O)C(=O)C12CC3CC(CC(C3)C1)C2. The Morgan fingerprint density at radius 1 is 1.13 bits per heavy atom. The van der Waals surface area contributed by atoms with Crippen LogP contribution < -0.4 is 0 Å². The Kier molecular flexibility index (Phi) is 2.01. The maximum absolute atomic E-state index is 12.1. The molecule has 1 N–H and O–H groups in total. The van der Waals surface area contributed by atoms with Crippen LogP contribution in [0.25, 0.3) is 0 Å². The second kappa shape index (κ2) is 3.07. The molecule has 0 heterocycles. The topological polar surface area (TPSA) is 37.3 Å². The van der Waals surface area contributed by atoms with Crippen molar-refractivity contribution in [2.75, 3.05) is 0 Å². The molecule has 0 unspecified atom stereocenters. The molecule has 4 aliphatic carbocycles. The molecule has 4 bridgehead atoms. The van der Waals surface area contributed by atoms with Gasteiger partial charge in [-0.15, -0.1) is 0 Å². The van der Waals surface area contributed by atoms with Gasteiger partial charge in [-0.2, -0.15) is 0 Å². The largest absolute Gasteiger partial charge is 0.386 e. The Morgan fingerprint density at radius 3 is 1.87 bits per heavy atom. The molecule has 15 heavy (non-hydrogen) atoms. The van der Waals surface area contributed by atoms with Crippen LogP contribution in [-0.4, -0.2) is 17.0 Å². The standard InChI is InChI=1S/C13H20O2/c1-8(14)12(15)13-5-9-2-10(6-13)4-11(3-9)7-13/h8-11,14H,2-7H2,1H3/t8-,9?,10?,11?,13?/m1/s1. The maximum atomic E-state index is 12.1. The summed E-state index contributed by atoms with van der Waals surface area (Å²) in [5.74, 6) is 2.51. The molecular weight excluding hydrogens is 188 g/mol. The highest BCUT2D eigenvalue weighted by molar-refractivity contribution is 5.88. The van der Waals surface area contributed by atoms with Gasteiger partial charge in [0.1, 0.15) is 6.10 Å². The number of hydrogen-bond donors (Lipinski definition) is 1. The number of aliphatic hydroxyl groups is 1. The molecule has 0 amide bonds. The fourth-order valence-electron chi connectivity index (χ4n) is 4.86. The van der Waals surface area contributed by atoms with Gasteiger partial charge < -0.3 is 5.11 Å². The zero-order valence-electron chi connectivity index (χ0n) is 9.41. The zero-order valence-corrected chi connectivity index (χ0v) is 9.41. The van der Waals surface area contributed by atoms with Crippen molar-refractivity contribution >= 4 is 5.78 Å². The minimum Gasteiger partial charge on any atom is -0.386 e. The molecule has 0 radical (unpaired) electrons. The van der Waals surface area contributed by atoms with Crippen molar-refractivity contribution in [1.29, 1.82) is 0 Å². The van der Waals surface area contributed by atoms with Crippen LogP contribution >= 0.6 is 0 Å². The molecule has 2 nitrogen and oxygen atoms in total. The predicted octanol–water partition coefficient (Wildman–Crippen LogP) is 2.15. The second-order valence-corrected chi connectivity index (χ2v) is 6.24. The molecule has 0 spiro atoms. The van der Waals surface area contributed by atoms with E-state index >= 15 is 0 Å². The van der Waals surface area contributed by atoms with Crippen LogP contribution in [0.15, 0.2) is 0 Å². The lowest BCUT2D eigenvalue weighted by Gasteiger charge is -2.56. The lowest BCUT2D eigenvalue weighted by atomic mass is 9.48. The Labute approximate surface area is 91.1 Å². The van der Waals surface area contributed by atoms with E-state index in [0.717, 1.165) is 37.0 Å². The number of ketones is 1. The van der Waals surface area contributed by atoms with Gasteiger partial charge in [0.15, 0.2) is 5.78 Å². The molecule has 0 saturated heterocycles. The molecule has 0 aromatic rings. The number of Topliss-reactive ketones (excluding diaryl/α,β-unsaturated/α-hetero) is 1. The summed E-state index contributed by atoms with van der Waals surface area (Å²) in [6.45, 7) is 1.64. The molecule has 4 saturated carbocycles. The first kappa shape index (κ1) is 9.83. The smallest absolute Gasteiger partial charge is 0.167 e. The fraction of sp³-hybridized carbons (Fsp3) is 0.923. The van der Waals surface area contributed by atoms with Crippen molar-refractivity contribution in [3.63, 3.8) is 0 Å². The van der Waals surface area contributed by atoms with Crippen molar-refractivity contribution in [2.45, 2.75) is 51.6 Å². The summed E-state index contributed by atoms with van der Waals surface area (Å²) in [6, 6.07) is 0. The van der Waals surface area contributed by atoms with E-state index in [4.69, 9.17) is 0 Å². The van der Waals surface area contributed by atoms with Gasteiger partial charge in [0.05, 0.1) is 0 Å². The number of carbonyl (C=O) groups is 1. The highest BCUT2D eigenvalue weighted by Crippen LogP contribution is 2.60. The Hall–Kier alpha value is -0.370. The first-order valence-corrected chi connectivity index (χ1v) is 6.31. The molecular formula is C13H20O2. The normalized spacial score (nSPS) is 49.3. The zero-order chi connectivity index (χ0) is 10.6. The third-order valence-corrected chi connectivity index (χ3v) is 4.94. The van der Waals surface area contributed by atoms with Crippen LogP contribution in [0.2, 0.25) is 0 Å². The van der Waals surface area contributed by atoms with Gasteiger partial charge in [-0.3, -0.25) is 4.79 Å². The van der Waals surface area contributed by atoms with Crippen molar-refractivity contribution in [3.05, 3.63) is 0 Å². The van der Waals surface area contributed by atoms with E-state index in [0.29, 0.717) is 0 Å². The van der Waals surface area contributed by atoms with Crippen LogP contribution in [-0.2, 0) is 4.79 Å². The number of hydrogen-bond acceptors (Lipinski definition) is 2. The van der Waals surface area contributed by atoms with Crippen LogP contribution in [0.5, 0.6) is 0 Å². The van der Waals surface area contributed by atoms with E-state index in [2.05, 4.69) is 0 Å². The predicted molar refractivity (Wildman–Crippen MR) is 57.3 cm³/mol. The van der Waals surface area contributed by atoms with Crippen molar-refractivity contribution < 1.29 is 9.90 Å². The van der Waals surface area contributed by atoms with Gasteiger partial charge >= 0.3 is 0 Å². The first-order chi connectivity index (χ1) is 7.09. The quantitative estimate of drug-likeness (QED) is 0.755. The van der Waals surface area contributed by atoms with Crippen LogP contribution in [0, 0.1) is 23.2 Å². The molecule has 84 valence electrons. The summed E-state index contributed by atoms with van der Waals surface area (Å²) in [7, 11) is 0. The number of rotatable bonds is 2. The average molecular weight is 208 g/mol. The Bertz CT molecular complexity index is 258. The molecule has 1 atom stereocenters. The van der Waals surface area contributed by atoms with E-state index in [1.54, 1.807) is 6.92 Å². The molecule has 0 aliphatic heterocycles. The lowest BCUT2D eigenvalue weighted by Crippen LogP contribution is -2.52. The van der Waals surface area contributed by atoms with E-state index in [1.165, 1.54) is 19.3 Å². The molecule has 0 aromatic heterocycles. The van der Waals surface area contributed by atoms with Crippen LogP contribution in [0.3, 0.4) is 0 Å². The lowest BCUT2D eigenvalue weighted by molar-refractivity contribution is -0.151. The van der Waals surface area contributed by atoms with Crippen LogP contribution in [0.4, 0.5) is 0 Å². The molecule has 4 fully saturated rings. The summed E-state index contributed by atoms with van der Waals surface area (Å²) in [6.07, 6.45) is 6.53. The van der Waals surface area contributed by atoms with Gasteiger partial charge in [-0.1, -0.05) is 0 Å². The van der Waals surface area contributed by atoms with E-state index in [-0.39, 0.29) is 11.2 Å². The van der Waals surface area contributed by atoms with E-state index in [1.807, 2.05) is 0 Å². The maximum Gasteiger partial charge on any atom is 0.167 e. The minimum absolute atomic E-state index is 0.108. The Morgan fingerprint density at radius 2 is 1.53 bits per heavy atom. The molecule has 4 aliphatic rings. The van der Waals surface area contributed by atoms with Gasteiger partial charge in [-0.25, -0.2) is 0 Å². The number of aliphatic hydroxyl groups excluding tert-OH is 1. The Balaban J connectivity index is 1.90. The minimum atomic E-state index is -0.749. The molecule has 2 heteroatoms. The van der Waals surface area contributed by atoms with Gasteiger partial charge in [0.25, 0.3) is 0 Å². The summed E-state index contributed by atoms with van der Waals surface area (Å²) in [5, 5.41) is 9.53. The fourth-order valence-corrected chi connectivity index (χ4v) is 4.86. The van der Waals surface area contributed by atoms with E-state index in [9.17, 15) is 9.90 Å². The van der Waals surface area contributed by atoms with Gasteiger partial charge in [-0.05, 0) is 63.2 Å². The highest BCUT2D eigenvalue weighted by Gasteiger charge is 2.54. The summed E-state index contributed by atoms with van der Waals surface area (Å²) in [4.78, 5) is 12.1. The van der Waals surface area contributed by atoms with Crippen molar-refractivity contribution in [1.82, 2.24) is 0 Å². The van der Waals surface area contributed by atoms with Crippen molar-refractivity contribution in [2.24, 2.45) is 23.2 Å². The van der Waals surface area contributed by atoms with E-state index < -0.39 is 6.10 Å². The van der Waals surface area contributed by atoms with Crippen LogP contribution in [0.1, 0.15) is 45.4 Å². The van der Waals surface area contributed by atoms with Gasteiger partial charge in [0, 0.05) is 5.41 Å². The first-order valence-electron chi connectivity index (χ1n) is 6.31. The molecule has 4 rings (SSSR count). The second-order valence-electron chi connectivity index (χ2n) is 6.24. The third-order valence-electron chi connectivity index (χ3n) is 4.94. The highest BCUT2D eigenvalue weighted by atomic mass is 16.3. The third kappa shape index (κ3) is 1.37. The summed E-state index contributed by atoms with van der Waals surface area (Å²) >= 11 is 0. The van der Waals surface area contributed by atoms with Crippen molar-refractivity contribution in [3.8, 4) is 0 Å². The average Bonchev–Trinajstić information content (AvgIpc) is 2.14. The van der Waals surface area contributed by atoms with Gasteiger partial charge in [0.2, 0.25) is 0 Å². The summed E-state index contributed by atoms with van der Waals surface area (Å²) in [5.41, 5.74) is -0.108. The number of carbonyl (C=O) groups excluding carboxylic acids is 1. The summed E-state index contributed by atoms with van der Waals surface area (Å²) < 4.78 is 0. The monoisotopic (exact) mass is 208 g/mol. The molecule has 0 aromatic carbocycles.